The van der Waals surface area contributed by atoms with E-state index in [0.717, 1.165) is 24.6 Å². The molecule has 1 saturated carbocycles. The van der Waals surface area contributed by atoms with Crippen molar-refractivity contribution in [3.05, 3.63) is 29.6 Å². The number of halogens is 2. The van der Waals surface area contributed by atoms with Gasteiger partial charge < -0.3 is 15.7 Å². The van der Waals surface area contributed by atoms with E-state index in [1.54, 1.807) is 6.07 Å². The van der Waals surface area contributed by atoms with Crippen LogP contribution in [0.25, 0.3) is 0 Å². The predicted octanol–water partition coefficient (Wildman–Crippen LogP) is 3.78. The molecule has 6 heteroatoms. The second-order valence-corrected chi connectivity index (χ2v) is 6.04. The highest BCUT2D eigenvalue weighted by Crippen LogP contribution is 2.42. The Labute approximate surface area is 155 Å². The minimum Gasteiger partial charge on any atom is -0.505 e. The standard InChI is InChI=1S/C17H26FN3O.HI/c1-3-17(8-5-9-17)12-21-16(19-4-2)20-11-13-6-7-15(22)14(18)10-13;/h6-7,10,22H,3-5,8-9,11-12H2,1-2H3,(H2,19,20,21);1H. The zero-order valence-electron chi connectivity index (χ0n) is 13.9. The van der Waals surface area contributed by atoms with Crippen LogP contribution >= 0.6 is 24.0 Å². The van der Waals surface area contributed by atoms with Gasteiger partial charge in [-0.2, -0.15) is 0 Å². The van der Waals surface area contributed by atoms with Crippen molar-refractivity contribution in [3.8, 4) is 5.75 Å². The van der Waals surface area contributed by atoms with Crippen molar-refractivity contribution in [1.29, 1.82) is 0 Å². The monoisotopic (exact) mass is 435 g/mol. The van der Waals surface area contributed by atoms with E-state index in [-0.39, 0.29) is 29.7 Å². The van der Waals surface area contributed by atoms with E-state index in [1.807, 2.05) is 6.92 Å². The predicted molar refractivity (Wildman–Crippen MR) is 103 cm³/mol. The lowest BCUT2D eigenvalue weighted by molar-refractivity contribution is 0.131. The molecule has 0 saturated heterocycles. The average Bonchev–Trinajstić information content (AvgIpc) is 2.47. The number of nitrogens with one attached hydrogen (secondary N) is 2. The van der Waals surface area contributed by atoms with Crippen molar-refractivity contribution in [3.63, 3.8) is 0 Å². The summed E-state index contributed by atoms with van der Waals surface area (Å²) in [6, 6.07) is 4.37. The third-order valence-electron chi connectivity index (χ3n) is 4.57. The van der Waals surface area contributed by atoms with Gasteiger partial charge in [0.1, 0.15) is 0 Å². The molecule has 23 heavy (non-hydrogen) atoms. The van der Waals surface area contributed by atoms with E-state index >= 15 is 0 Å². The third-order valence-corrected chi connectivity index (χ3v) is 4.57. The van der Waals surface area contributed by atoms with Gasteiger partial charge in [0.15, 0.2) is 17.5 Å². The largest absolute Gasteiger partial charge is 0.505 e. The maximum Gasteiger partial charge on any atom is 0.191 e. The number of benzene rings is 1. The molecule has 1 aliphatic carbocycles. The second-order valence-electron chi connectivity index (χ2n) is 6.04. The summed E-state index contributed by atoms with van der Waals surface area (Å²) in [5, 5.41) is 15.8. The Kier molecular flexibility index (Phi) is 8.08. The highest BCUT2D eigenvalue weighted by atomic mass is 127. The highest BCUT2D eigenvalue weighted by Gasteiger charge is 2.34. The van der Waals surface area contributed by atoms with Crippen LogP contribution in [0.1, 0.15) is 45.1 Å². The molecule has 0 heterocycles. The number of phenolic OH excluding ortho intramolecular Hbond substituents is 1. The van der Waals surface area contributed by atoms with Crippen molar-refractivity contribution < 1.29 is 9.50 Å². The van der Waals surface area contributed by atoms with Gasteiger partial charge in [0, 0.05) is 13.1 Å². The number of phenols is 1. The number of rotatable bonds is 6. The molecule has 1 aliphatic rings. The van der Waals surface area contributed by atoms with Crippen LogP contribution in [-0.4, -0.2) is 24.2 Å². The lowest BCUT2D eigenvalue weighted by atomic mass is 9.67. The van der Waals surface area contributed by atoms with Crippen LogP contribution in [0.4, 0.5) is 4.39 Å². The Hall–Kier alpha value is -1.05. The molecule has 0 amide bonds. The summed E-state index contributed by atoms with van der Waals surface area (Å²) < 4.78 is 13.3. The van der Waals surface area contributed by atoms with Gasteiger partial charge in [-0.05, 0) is 49.3 Å². The highest BCUT2D eigenvalue weighted by molar-refractivity contribution is 14.0. The number of hydrogen-bond acceptors (Lipinski definition) is 2. The van der Waals surface area contributed by atoms with E-state index in [1.165, 1.54) is 37.8 Å². The third kappa shape index (κ3) is 5.51. The molecule has 2 rings (SSSR count). The summed E-state index contributed by atoms with van der Waals surface area (Å²) in [7, 11) is 0. The first-order valence-corrected chi connectivity index (χ1v) is 8.08. The average molecular weight is 435 g/mol. The zero-order chi connectivity index (χ0) is 16.0. The van der Waals surface area contributed by atoms with E-state index in [0.29, 0.717) is 12.0 Å². The Morgan fingerprint density at radius 2 is 2.04 bits per heavy atom. The quantitative estimate of drug-likeness (QED) is 0.362. The van der Waals surface area contributed by atoms with Crippen LogP contribution < -0.4 is 10.6 Å². The van der Waals surface area contributed by atoms with E-state index in [4.69, 9.17) is 0 Å². The van der Waals surface area contributed by atoms with Crippen LogP contribution in [0.15, 0.2) is 23.2 Å². The van der Waals surface area contributed by atoms with Crippen LogP contribution in [0, 0.1) is 11.2 Å². The van der Waals surface area contributed by atoms with Gasteiger partial charge in [-0.3, -0.25) is 0 Å². The van der Waals surface area contributed by atoms with Crippen LogP contribution in [0.3, 0.4) is 0 Å². The van der Waals surface area contributed by atoms with Gasteiger partial charge in [0.05, 0.1) is 6.54 Å². The number of aliphatic imine (C=N–C) groups is 1. The number of hydrogen-bond donors (Lipinski definition) is 3. The molecular formula is C17H27FIN3O. The molecule has 0 spiro atoms. The summed E-state index contributed by atoms with van der Waals surface area (Å²) in [5.41, 5.74) is 1.15. The summed E-state index contributed by atoms with van der Waals surface area (Å²) >= 11 is 0. The molecule has 1 fully saturated rings. The maximum atomic E-state index is 13.3. The van der Waals surface area contributed by atoms with Crippen molar-refractivity contribution in [2.45, 2.75) is 46.1 Å². The molecular weight excluding hydrogens is 408 g/mol. The molecule has 3 N–H and O–H groups in total. The first-order valence-electron chi connectivity index (χ1n) is 8.08. The van der Waals surface area contributed by atoms with Gasteiger partial charge in [0.25, 0.3) is 0 Å². The smallest absolute Gasteiger partial charge is 0.191 e. The van der Waals surface area contributed by atoms with Crippen molar-refractivity contribution in [2.24, 2.45) is 10.4 Å². The van der Waals surface area contributed by atoms with E-state index in [2.05, 4.69) is 22.5 Å². The Bertz CT molecular complexity index is 527. The molecule has 0 unspecified atom stereocenters. The lowest BCUT2D eigenvalue weighted by Gasteiger charge is -2.41. The van der Waals surface area contributed by atoms with Gasteiger partial charge in [0.2, 0.25) is 0 Å². The summed E-state index contributed by atoms with van der Waals surface area (Å²) in [6.07, 6.45) is 5.05. The molecule has 1 aromatic carbocycles. The molecule has 0 aromatic heterocycles. The van der Waals surface area contributed by atoms with E-state index in [9.17, 15) is 9.50 Å². The molecule has 4 nitrogen and oxygen atoms in total. The molecule has 130 valence electrons. The summed E-state index contributed by atoms with van der Waals surface area (Å²) in [5.74, 6) is -0.173. The molecule has 1 aromatic rings. The second kappa shape index (κ2) is 9.30. The molecule has 0 atom stereocenters. The molecule has 0 bridgehead atoms. The fraction of sp³-hybridized carbons (Fsp3) is 0.588. The first kappa shape index (κ1) is 20.0. The van der Waals surface area contributed by atoms with Gasteiger partial charge >= 0.3 is 0 Å². The first-order chi connectivity index (χ1) is 10.6. The van der Waals surface area contributed by atoms with Crippen molar-refractivity contribution >= 4 is 29.9 Å². The number of guanidine groups is 1. The van der Waals surface area contributed by atoms with Crippen molar-refractivity contribution in [1.82, 2.24) is 10.6 Å². The summed E-state index contributed by atoms with van der Waals surface area (Å²) in [6.45, 7) is 6.36. The minimum absolute atomic E-state index is 0. The van der Waals surface area contributed by atoms with Gasteiger partial charge in [-0.1, -0.05) is 19.4 Å². The fourth-order valence-electron chi connectivity index (χ4n) is 2.76. The van der Waals surface area contributed by atoms with Crippen LogP contribution in [0.5, 0.6) is 5.75 Å². The Morgan fingerprint density at radius 3 is 2.57 bits per heavy atom. The topological polar surface area (TPSA) is 56.7 Å². The maximum absolute atomic E-state index is 13.3. The minimum atomic E-state index is -0.606. The van der Waals surface area contributed by atoms with Crippen LogP contribution in [-0.2, 0) is 6.54 Å². The Morgan fingerprint density at radius 1 is 1.30 bits per heavy atom. The van der Waals surface area contributed by atoms with Crippen molar-refractivity contribution in [2.75, 3.05) is 13.1 Å². The lowest BCUT2D eigenvalue weighted by Crippen LogP contribution is -2.46. The van der Waals surface area contributed by atoms with E-state index < -0.39 is 5.82 Å². The zero-order valence-corrected chi connectivity index (χ0v) is 16.2. The van der Waals surface area contributed by atoms with Gasteiger partial charge in [-0.25, -0.2) is 9.38 Å². The van der Waals surface area contributed by atoms with Gasteiger partial charge in [-0.15, -0.1) is 24.0 Å². The Balaban J connectivity index is 0.00000264. The number of aromatic hydroxyl groups is 1. The number of nitrogens with zero attached hydrogens (tertiary/aromatic N) is 1. The normalized spacial score (nSPS) is 16.2. The SMILES string of the molecule is CCNC(=NCc1ccc(O)c(F)c1)NCC1(CC)CCC1.I. The molecule has 0 aliphatic heterocycles. The van der Waals surface area contributed by atoms with Crippen LogP contribution in [0.2, 0.25) is 0 Å². The summed E-state index contributed by atoms with van der Waals surface area (Å²) in [4.78, 5) is 4.50. The fourth-order valence-corrected chi connectivity index (χ4v) is 2.76. The molecule has 0 radical (unpaired) electrons.